The van der Waals surface area contributed by atoms with Crippen LogP contribution in [0.5, 0.6) is 0 Å². The van der Waals surface area contributed by atoms with Crippen LogP contribution in [0.2, 0.25) is 0 Å². The van der Waals surface area contributed by atoms with Crippen LogP contribution in [0.1, 0.15) is 48.6 Å². The lowest BCUT2D eigenvalue weighted by Crippen LogP contribution is -2.43. The average Bonchev–Trinajstić information content (AvgIpc) is 2.72. The molecule has 1 aliphatic heterocycles. The van der Waals surface area contributed by atoms with Gasteiger partial charge in [-0.05, 0) is 26.7 Å². The molecule has 2 atom stereocenters. The first-order valence-corrected chi connectivity index (χ1v) is 6.89. The van der Waals surface area contributed by atoms with E-state index in [0.29, 0.717) is 12.1 Å². The summed E-state index contributed by atoms with van der Waals surface area (Å²) in [5.74, 6) is -0.930. The molecule has 1 saturated heterocycles. The summed E-state index contributed by atoms with van der Waals surface area (Å²) < 4.78 is 0. The molecular formula is C12H18N2O2S. The fourth-order valence-corrected chi connectivity index (χ4v) is 3.10. The lowest BCUT2D eigenvalue weighted by atomic mass is 9.97. The number of aromatic carboxylic acids is 1. The van der Waals surface area contributed by atoms with Gasteiger partial charge in [0.2, 0.25) is 5.01 Å². The maximum Gasteiger partial charge on any atom is 0.365 e. The van der Waals surface area contributed by atoms with Crippen molar-refractivity contribution in [2.75, 3.05) is 0 Å². The van der Waals surface area contributed by atoms with E-state index >= 15 is 0 Å². The minimum Gasteiger partial charge on any atom is -0.476 e. The van der Waals surface area contributed by atoms with Gasteiger partial charge < -0.3 is 5.11 Å². The Balaban J connectivity index is 2.05. The lowest BCUT2D eigenvalue weighted by Gasteiger charge is -2.38. The zero-order chi connectivity index (χ0) is 12.4. The molecule has 0 radical (unpaired) electrons. The maximum atomic E-state index is 10.8. The molecule has 2 rings (SSSR count). The fourth-order valence-electron chi connectivity index (χ4n) is 2.45. The molecule has 0 spiro atoms. The highest BCUT2D eigenvalue weighted by Gasteiger charge is 2.25. The molecular weight excluding hydrogens is 236 g/mol. The standard InChI is InChI=1S/C12H18N2O2S/c1-8-4-3-5-9(2)14(8)6-10-7-17-11(13-10)12(15)16/h7-9H,3-6H2,1-2H3,(H,15,16)/t8-,9+. The fraction of sp³-hybridized carbons (Fsp3) is 0.667. The van der Waals surface area contributed by atoms with Crippen LogP contribution in [0.15, 0.2) is 5.38 Å². The summed E-state index contributed by atoms with van der Waals surface area (Å²) in [5.41, 5.74) is 0.882. The Hall–Kier alpha value is -0.940. The van der Waals surface area contributed by atoms with Crippen LogP contribution in [0.3, 0.4) is 0 Å². The van der Waals surface area contributed by atoms with Crippen LogP contribution >= 0.6 is 11.3 Å². The predicted octanol–water partition coefficient (Wildman–Crippen LogP) is 2.60. The molecule has 0 aliphatic carbocycles. The van der Waals surface area contributed by atoms with Crippen molar-refractivity contribution in [2.45, 2.75) is 51.7 Å². The number of carboxylic acid groups (broad SMARTS) is 1. The van der Waals surface area contributed by atoms with E-state index in [-0.39, 0.29) is 5.01 Å². The SMILES string of the molecule is C[C@@H]1CCC[C@H](C)N1Cc1csc(C(=O)O)n1. The number of hydrogen-bond acceptors (Lipinski definition) is 4. The summed E-state index contributed by atoms with van der Waals surface area (Å²) in [5, 5.41) is 10.9. The highest BCUT2D eigenvalue weighted by atomic mass is 32.1. The molecule has 1 aromatic rings. The number of hydrogen-bond donors (Lipinski definition) is 1. The summed E-state index contributed by atoms with van der Waals surface area (Å²) in [7, 11) is 0. The summed E-state index contributed by atoms with van der Waals surface area (Å²) in [6.07, 6.45) is 3.73. The summed E-state index contributed by atoms with van der Waals surface area (Å²) in [4.78, 5) is 17.3. The van der Waals surface area contributed by atoms with Gasteiger partial charge in [-0.25, -0.2) is 9.78 Å². The van der Waals surface area contributed by atoms with Crippen molar-refractivity contribution >= 4 is 17.3 Å². The summed E-state index contributed by atoms with van der Waals surface area (Å²) >= 11 is 1.21. The van der Waals surface area contributed by atoms with Gasteiger partial charge in [-0.3, -0.25) is 4.90 Å². The molecule has 0 saturated carbocycles. The van der Waals surface area contributed by atoms with Gasteiger partial charge in [0, 0.05) is 24.0 Å². The van der Waals surface area contributed by atoms with Gasteiger partial charge in [-0.2, -0.15) is 0 Å². The van der Waals surface area contributed by atoms with Crippen molar-refractivity contribution in [3.63, 3.8) is 0 Å². The second-order valence-corrected chi connectivity index (χ2v) is 5.61. The number of nitrogens with zero attached hydrogens (tertiary/aromatic N) is 2. The predicted molar refractivity (Wildman–Crippen MR) is 67.4 cm³/mol. The minimum absolute atomic E-state index is 0.192. The Kier molecular flexibility index (Phi) is 3.79. The van der Waals surface area contributed by atoms with Crippen molar-refractivity contribution < 1.29 is 9.90 Å². The van der Waals surface area contributed by atoms with E-state index in [4.69, 9.17) is 5.11 Å². The molecule has 1 N–H and O–H groups in total. The normalized spacial score (nSPS) is 26.0. The maximum absolute atomic E-state index is 10.8. The van der Waals surface area contributed by atoms with Gasteiger partial charge in [-0.1, -0.05) is 6.42 Å². The zero-order valence-electron chi connectivity index (χ0n) is 10.2. The third-order valence-electron chi connectivity index (χ3n) is 3.46. The minimum atomic E-state index is -0.930. The van der Waals surface area contributed by atoms with Crippen LogP contribution in [-0.2, 0) is 6.54 Å². The second-order valence-electron chi connectivity index (χ2n) is 4.75. The van der Waals surface area contributed by atoms with Gasteiger partial charge in [0.1, 0.15) is 0 Å². The summed E-state index contributed by atoms with van der Waals surface area (Å²) in [6, 6.07) is 1.13. The van der Waals surface area contributed by atoms with E-state index in [1.807, 2.05) is 5.38 Å². The smallest absolute Gasteiger partial charge is 0.365 e. The number of aromatic nitrogens is 1. The number of thiazole rings is 1. The molecule has 1 aromatic heterocycles. The highest BCUT2D eigenvalue weighted by molar-refractivity contribution is 7.11. The number of likely N-dealkylation sites (tertiary alicyclic amines) is 1. The molecule has 2 heterocycles. The van der Waals surface area contributed by atoms with Gasteiger partial charge in [0.15, 0.2) is 0 Å². The average molecular weight is 254 g/mol. The molecule has 1 fully saturated rings. The first-order chi connectivity index (χ1) is 8.08. The third kappa shape index (κ3) is 2.84. The molecule has 0 aromatic carbocycles. The number of carbonyl (C=O) groups is 1. The molecule has 1 aliphatic rings. The van der Waals surface area contributed by atoms with E-state index in [1.165, 1.54) is 30.6 Å². The Morgan fingerprint density at radius 2 is 2.18 bits per heavy atom. The topological polar surface area (TPSA) is 53.4 Å². The van der Waals surface area contributed by atoms with Crippen LogP contribution in [0.4, 0.5) is 0 Å². The summed E-state index contributed by atoms with van der Waals surface area (Å²) in [6.45, 7) is 5.24. The van der Waals surface area contributed by atoms with E-state index in [9.17, 15) is 4.79 Å². The number of rotatable bonds is 3. The van der Waals surface area contributed by atoms with E-state index in [2.05, 4.69) is 23.7 Å². The van der Waals surface area contributed by atoms with E-state index in [0.717, 1.165) is 12.2 Å². The van der Waals surface area contributed by atoms with Gasteiger partial charge in [-0.15, -0.1) is 11.3 Å². The zero-order valence-corrected chi connectivity index (χ0v) is 11.0. The Morgan fingerprint density at radius 3 is 2.71 bits per heavy atom. The Labute approximate surface area is 105 Å². The molecule has 0 bridgehead atoms. The van der Waals surface area contributed by atoms with Crippen molar-refractivity contribution in [1.82, 2.24) is 9.88 Å². The molecule has 4 nitrogen and oxygen atoms in total. The number of carboxylic acids is 1. The largest absolute Gasteiger partial charge is 0.476 e. The monoisotopic (exact) mass is 254 g/mol. The quantitative estimate of drug-likeness (QED) is 0.901. The molecule has 0 unspecified atom stereocenters. The first-order valence-electron chi connectivity index (χ1n) is 6.01. The van der Waals surface area contributed by atoms with E-state index in [1.54, 1.807) is 0 Å². The van der Waals surface area contributed by atoms with Crippen molar-refractivity contribution in [2.24, 2.45) is 0 Å². The van der Waals surface area contributed by atoms with Gasteiger partial charge in [0.25, 0.3) is 0 Å². The third-order valence-corrected chi connectivity index (χ3v) is 4.33. The van der Waals surface area contributed by atoms with Crippen LogP contribution < -0.4 is 0 Å². The van der Waals surface area contributed by atoms with Crippen LogP contribution in [-0.4, -0.2) is 33.0 Å². The van der Waals surface area contributed by atoms with Gasteiger partial charge >= 0.3 is 5.97 Å². The molecule has 94 valence electrons. The molecule has 17 heavy (non-hydrogen) atoms. The Bertz CT molecular complexity index is 395. The molecule has 5 heteroatoms. The lowest BCUT2D eigenvalue weighted by molar-refractivity contribution is 0.0695. The first kappa shape index (κ1) is 12.5. The van der Waals surface area contributed by atoms with Gasteiger partial charge in [0.05, 0.1) is 5.69 Å². The Morgan fingerprint density at radius 1 is 1.53 bits per heavy atom. The second kappa shape index (κ2) is 5.14. The van der Waals surface area contributed by atoms with Crippen molar-refractivity contribution in [1.29, 1.82) is 0 Å². The van der Waals surface area contributed by atoms with Crippen LogP contribution in [0.25, 0.3) is 0 Å². The number of piperidine rings is 1. The molecule has 0 amide bonds. The highest BCUT2D eigenvalue weighted by Crippen LogP contribution is 2.24. The van der Waals surface area contributed by atoms with E-state index < -0.39 is 5.97 Å². The van der Waals surface area contributed by atoms with Crippen molar-refractivity contribution in [3.05, 3.63) is 16.1 Å². The van der Waals surface area contributed by atoms with Crippen molar-refractivity contribution in [3.8, 4) is 0 Å². The van der Waals surface area contributed by atoms with Crippen LogP contribution in [0, 0.1) is 0 Å².